The van der Waals surface area contributed by atoms with E-state index in [1.807, 2.05) is 70.3 Å². The number of aromatic nitrogens is 2. The summed E-state index contributed by atoms with van der Waals surface area (Å²) in [6, 6.07) is 21.2. The number of pyridine rings is 1. The Hall–Kier alpha value is -3.79. The van der Waals surface area contributed by atoms with Crippen LogP contribution in [0.15, 0.2) is 85.2 Å². The van der Waals surface area contributed by atoms with Gasteiger partial charge in [0.25, 0.3) is 0 Å². The number of carbonyl (C=O) groups is 1. The number of carbonyl (C=O) groups excluding carboxylic acids is 1. The van der Waals surface area contributed by atoms with Crippen molar-refractivity contribution in [2.45, 2.75) is 12.1 Å². The molecular formula is C27H23ClFN5O2S. The first kappa shape index (κ1) is 24.9. The zero-order valence-electron chi connectivity index (χ0n) is 19.8. The fourth-order valence-corrected chi connectivity index (χ4v) is 4.99. The number of thiocarbonyl (C=S) groups is 1. The highest BCUT2D eigenvalue weighted by molar-refractivity contribution is 7.80. The zero-order valence-corrected chi connectivity index (χ0v) is 21.3. The van der Waals surface area contributed by atoms with E-state index in [-0.39, 0.29) is 29.6 Å². The van der Waals surface area contributed by atoms with E-state index in [0.29, 0.717) is 10.8 Å². The zero-order chi connectivity index (χ0) is 25.9. The Morgan fingerprint density at radius 3 is 2.62 bits per heavy atom. The first-order valence-corrected chi connectivity index (χ1v) is 12.3. The molecule has 0 unspecified atom stereocenters. The van der Waals surface area contributed by atoms with Crippen molar-refractivity contribution in [3.8, 4) is 5.69 Å². The van der Waals surface area contributed by atoms with Gasteiger partial charge >= 0.3 is 0 Å². The van der Waals surface area contributed by atoms with E-state index >= 15 is 0 Å². The molecule has 7 nitrogen and oxygen atoms in total. The van der Waals surface area contributed by atoms with E-state index in [0.717, 1.165) is 22.8 Å². The van der Waals surface area contributed by atoms with Crippen LogP contribution in [0.2, 0.25) is 5.02 Å². The van der Waals surface area contributed by atoms with Gasteiger partial charge in [0.1, 0.15) is 18.5 Å². The van der Waals surface area contributed by atoms with Crippen LogP contribution in [0.25, 0.3) is 5.69 Å². The summed E-state index contributed by atoms with van der Waals surface area (Å²) in [5.41, 5.74) is 3.93. The highest BCUT2D eigenvalue weighted by Gasteiger charge is 2.42. The van der Waals surface area contributed by atoms with E-state index < -0.39 is 5.82 Å². The highest BCUT2D eigenvalue weighted by Crippen LogP contribution is 2.42. The Balaban J connectivity index is 1.57. The van der Waals surface area contributed by atoms with E-state index in [1.54, 1.807) is 18.3 Å². The van der Waals surface area contributed by atoms with Crippen molar-refractivity contribution in [3.05, 3.63) is 107 Å². The van der Waals surface area contributed by atoms with E-state index in [4.69, 9.17) is 28.6 Å². The molecule has 2 atom stereocenters. The summed E-state index contributed by atoms with van der Waals surface area (Å²) >= 11 is 11.9. The Morgan fingerprint density at radius 2 is 1.92 bits per heavy atom. The number of halogens is 2. The highest BCUT2D eigenvalue weighted by atomic mass is 35.5. The SMILES string of the molecule is COCC(=O)Nc1ccc(N2C(=S)N[C@H](c3ccccn3)[C@H]2c2cccn2-c2ccc(F)c(Cl)c2)cc1. The van der Waals surface area contributed by atoms with Crippen LogP contribution in [-0.2, 0) is 9.53 Å². The largest absolute Gasteiger partial charge is 0.375 e. The smallest absolute Gasteiger partial charge is 0.250 e. The maximum Gasteiger partial charge on any atom is 0.250 e. The molecule has 1 aliphatic rings. The predicted molar refractivity (Wildman–Crippen MR) is 146 cm³/mol. The Kier molecular flexibility index (Phi) is 7.18. The second-order valence-electron chi connectivity index (χ2n) is 8.43. The van der Waals surface area contributed by atoms with Gasteiger partial charge in [-0.15, -0.1) is 0 Å². The topological polar surface area (TPSA) is 71.4 Å². The summed E-state index contributed by atoms with van der Waals surface area (Å²) < 4.78 is 20.7. The molecule has 2 aromatic carbocycles. The third kappa shape index (κ3) is 5.06. The molecule has 2 aromatic heterocycles. The van der Waals surface area contributed by atoms with Crippen molar-refractivity contribution >= 4 is 46.2 Å². The molecule has 4 aromatic rings. The monoisotopic (exact) mass is 535 g/mol. The molecule has 1 fully saturated rings. The van der Waals surface area contributed by atoms with Gasteiger partial charge < -0.3 is 24.8 Å². The molecule has 3 heterocycles. The van der Waals surface area contributed by atoms with Gasteiger partial charge in [-0.25, -0.2) is 4.39 Å². The second-order valence-corrected chi connectivity index (χ2v) is 9.22. The number of nitrogens with zero attached hydrogens (tertiary/aromatic N) is 3. The summed E-state index contributed by atoms with van der Waals surface area (Å²) in [7, 11) is 1.47. The number of anilines is 2. The maximum atomic E-state index is 13.9. The van der Waals surface area contributed by atoms with Crippen LogP contribution in [-0.4, -0.2) is 34.3 Å². The fourth-order valence-electron chi connectivity index (χ4n) is 4.47. The minimum absolute atomic E-state index is 0.0277. The third-order valence-corrected chi connectivity index (χ3v) is 6.67. The van der Waals surface area contributed by atoms with Crippen LogP contribution in [0.4, 0.5) is 15.8 Å². The van der Waals surface area contributed by atoms with Crippen LogP contribution >= 0.6 is 23.8 Å². The molecule has 37 heavy (non-hydrogen) atoms. The average molecular weight is 536 g/mol. The van der Waals surface area contributed by atoms with Gasteiger partial charge in [-0.2, -0.15) is 0 Å². The lowest BCUT2D eigenvalue weighted by molar-refractivity contribution is -0.119. The Morgan fingerprint density at radius 1 is 1.14 bits per heavy atom. The molecule has 188 valence electrons. The van der Waals surface area contributed by atoms with Crippen LogP contribution in [0.5, 0.6) is 0 Å². The van der Waals surface area contributed by atoms with Crippen LogP contribution in [0.1, 0.15) is 23.5 Å². The standard InChI is InChI=1S/C27H23ClFN5O2S/c1-36-16-24(35)31-17-7-9-18(10-8-17)34-26(25(32-27(34)37)22-5-2-3-13-30-22)23-6-4-14-33(23)19-11-12-21(29)20(28)15-19/h2-15,25-26H,16H2,1H3,(H,31,35)(H,32,37)/t25-,26-/m1/s1. The number of hydrogen-bond acceptors (Lipinski definition) is 4. The summed E-state index contributed by atoms with van der Waals surface area (Å²) in [4.78, 5) is 18.5. The minimum atomic E-state index is -0.478. The molecule has 1 aliphatic heterocycles. The molecule has 0 saturated carbocycles. The van der Waals surface area contributed by atoms with Gasteiger partial charge in [0.2, 0.25) is 5.91 Å². The summed E-state index contributed by atoms with van der Waals surface area (Å²) in [6.07, 6.45) is 3.65. The molecule has 0 aliphatic carbocycles. The number of benzene rings is 2. The van der Waals surface area contributed by atoms with Crippen LogP contribution in [0, 0.1) is 5.82 Å². The van der Waals surface area contributed by atoms with Crippen molar-refractivity contribution in [2.75, 3.05) is 23.9 Å². The molecule has 0 bridgehead atoms. The number of methoxy groups -OCH3 is 1. The number of amides is 1. The maximum absolute atomic E-state index is 13.9. The van der Waals surface area contributed by atoms with Crippen LogP contribution in [0.3, 0.4) is 0 Å². The van der Waals surface area contributed by atoms with Gasteiger partial charge in [0, 0.05) is 42.3 Å². The van der Waals surface area contributed by atoms with Crippen molar-refractivity contribution in [1.29, 1.82) is 0 Å². The molecule has 2 N–H and O–H groups in total. The minimum Gasteiger partial charge on any atom is -0.375 e. The van der Waals surface area contributed by atoms with E-state index in [1.165, 1.54) is 13.2 Å². The summed E-state index contributed by atoms with van der Waals surface area (Å²) in [5, 5.41) is 6.80. The van der Waals surface area contributed by atoms with E-state index in [2.05, 4.69) is 15.6 Å². The van der Waals surface area contributed by atoms with E-state index in [9.17, 15) is 9.18 Å². The summed E-state index contributed by atoms with van der Waals surface area (Å²) in [6.45, 7) is -0.0277. The predicted octanol–water partition coefficient (Wildman–Crippen LogP) is 5.43. The Labute approximate surface area is 223 Å². The van der Waals surface area contributed by atoms with Gasteiger partial charge in [-0.1, -0.05) is 17.7 Å². The quantitative estimate of drug-likeness (QED) is 0.308. The second kappa shape index (κ2) is 10.7. The van der Waals surface area contributed by atoms with Crippen molar-refractivity contribution < 1.29 is 13.9 Å². The average Bonchev–Trinajstić information content (AvgIpc) is 3.51. The normalized spacial score (nSPS) is 17.1. The molecule has 5 rings (SSSR count). The first-order valence-electron chi connectivity index (χ1n) is 11.5. The van der Waals surface area contributed by atoms with Gasteiger partial charge in [-0.05, 0) is 78.9 Å². The number of nitrogens with one attached hydrogen (secondary N) is 2. The van der Waals surface area contributed by atoms with Crippen molar-refractivity contribution in [1.82, 2.24) is 14.9 Å². The molecule has 1 amide bonds. The van der Waals surface area contributed by atoms with Gasteiger partial charge in [0.05, 0.1) is 16.8 Å². The Bertz CT molecular complexity index is 1430. The third-order valence-electron chi connectivity index (χ3n) is 6.07. The molecule has 0 radical (unpaired) electrons. The van der Waals surface area contributed by atoms with Gasteiger partial charge in [-0.3, -0.25) is 9.78 Å². The van der Waals surface area contributed by atoms with Crippen molar-refractivity contribution in [3.63, 3.8) is 0 Å². The molecule has 0 spiro atoms. The number of rotatable bonds is 7. The van der Waals surface area contributed by atoms with Crippen LogP contribution < -0.4 is 15.5 Å². The number of hydrogen-bond donors (Lipinski definition) is 2. The summed E-state index contributed by atoms with van der Waals surface area (Å²) in [5.74, 6) is -0.717. The lowest BCUT2D eigenvalue weighted by Crippen LogP contribution is -2.30. The fraction of sp³-hybridized carbons (Fsp3) is 0.148. The lowest BCUT2D eigenvalue weighted by atomic mass is 10.0. The van der Waals surface area contributed by atoms with Gasteiger partial charge in [0.15, 0.2) is 5.11 Å². The number of ether oxygens (including phenoxy) is 1. The molecule has 1 saturated heterocycles. The first-order chi connectivity index (χ1) is 18.0. The van der Waals surface area contributed by atoms with Crippen molar-refractivity contribution in [2.24, 2.45) is 0 Å². The molecule has 10 heteroatoms. The lowest BCUT2D eigenvalue weighted by Gasteiger charge is -2.29. The molecular weight excluding hydrogens is 513 g/mol.